The fourth-order valence-electron chi connectivity index (χ4n) is 4.07. The van der Waals surface area contributed by atoms with Crippen molar-refractivity contribution in [1.82, 2.24) is 15.0 Å². The van der Waals surface area contributed by atoms with Crippen LogP contribution in [-0.4, -0.2) is 32.6 Å². The summed E-state index contributed by atoms with van der Waals surface area (Å²) in [5.41, 5.74) is 5.21. The van der Waals surface area contributed by atoms with Gasteiger partial charge in [-0.1, -0.05) is 42.5 Å². The van der Waals surface area contributed by atoms with Gasteiger partial charge in [0.1, 0.15) is 12.1 Å². The Morgan fingerprint density at radius 1 is 1.00 bits per heavy atom. The zero-order valence-corrected chi connectivity index (χ0v) is 17.6. The van der Waals surface area contributed by atoms with Crippen LogP contribution in [-0.2, 0) is 6.42 Å². The standard InChI is InChI=1S/C26H22N4O2/c1-16-17(6-7-18-4-2-3-5-21(16)18)10-11-27-25-14-23(28-15-29-25)24-12-19-8-9-20(26(31)32)13-22(19)30-24/h2-9,12-15,30H,10-11H2,1H3,(H,31,32)(H,27,28,29). The minimum atomic E-state index is -0.946. The number of hydrogen-bond acceptors (Lipinski definition) is 4. The lowest BCUT2D eigenvalue weighted by Gasteiger charge is -2.11. The van der Waals surface area contributed by atoms with E-state index in [1.807, 2.05) is 12.1 Å². The number of carboxylic acids is 1. The number of rotatable bonds is 6. The van der Waals surface area contributed by atoms with Gasteiger partial charge in [0, 0.05) is 23.5 Å². The monoisotopic (exact) mass is 422 g/mol. The number of aromatic carboxylic acids is 1. The van der Waals surface area contributed by atoms with Gasteiger partial charge in [0.05, 0.1) is 17.0 Å². The highest BCUT2D eigenvalue weighted by Crippen LogP contribution is 2.25. The van der Waals surface area contributed by atoms with Crippen LogP contribution in [0.2, 0.25) is 0 Å². The zero-order valence-electron chi connectivity index (χ0n) is 17.6. The van der Waals surface area contributed by atoms with Crippen molar-refractivity contribution in [2.45, 2.75) is 13.3 Å². The number of nitrogens with zero attached hydrogens (tertiary/aromatic N) is 2. The molecule has 0 fully saturated rings. The molecular weight excluding hydrogens is 400 g/mol. The maximum absolute atomic E-state index is 11.2. The van der Waals surface area contributed by atoms with E-state index in [0.717, 1.165) is 41.1 Å². The molecule has 5 rings (SSSR count). The molecule has 32 heavy (non-hydrogen) atoms. The van der Waals surface area contributed by atoms with Crippen LogP contribution in [0.1, 0.15) is 21.5 Å². The Bertz CT molecular complexity index is 1460. The first-order valence-electron chi connectivity index (χ1n) is 10.5. The van der Waals surface area contributed by atoms with E-state index < -0.39 is 5.97 Å². The van der Waals surface area contributed by atoms with Crippen molar-refractivity contribution in [3.05, 3.63) is 89.7 Å². The summed E-state index contributed by atoms with van der Waals surface area (Å²) < 4.78 is 0. The molecule has 158 valence electrons. The number of fused-ring (bicyclic) bond motifs is 2. The molecule has 0 unspecified atom stereocenters. The summed E-state index contributed by atoms with van der Waals surface area (Å²) in [5.74, 6) is -0.198. The molecule has 0 atom stereocenters. The smallest absolute Gasteiger partial charge is 0.335 e. The maximum Gasteiger partial charge on any atom is 0.335 e. The normalized spacial score (nSPS) is 11.2. The molecule has 0 aliphatic heterocycles. The molecule has 0 aliphatic carbocycles. The first kappa shape index (κ1) is 19.8. The molecule has 0 saturated heterocycles. The number of H-pyrrole nitrogens is 1. The van der Waals surface area contributed by atoms with Crippen LogP contribution in [0.5, 0.6) is 0 Å². The molecule has 6 heteroatoms. The SMILES string of the molecule is Cc1c(CCNc2cc(-c3cc4ccc(C(=O)O)cc4[nH]3)ncn2)ccc2ccccc12. The summed E-state index contributed by atoms with van der Waals surface area (Å²) in [5, 5.41) is 16.1. The minimum Gasteiger partial charge on any atom is -0.478 e. The van der Waals surface area contributed by atoms with Crippen LogP contribution in [0.3, 0.4) is 0 Å². The quantitative estimate of drug-likeness (QED) is 0.339. The topological polar surface area (TPSA) is 90.9 Å². The average molecular weight is 422 g/mol. The minimum absolute atomic E-state index is 0.250. The van der Waals surface area contributed by atoms with E-state index in [1.54, 1.807) is 18.2 Å². The van der Waals surface area contributed by atoms with Gasteiger partial charge in [0.2, 0.25) is 0 Å². The van der Waals surface area contributed by atoms with Crippen LogP contribution in [0.15, 0.2) is 73.1 Å². The molecular formula is C26H22N4O2. The maximum atomic E-state index is 11.2. The lowest BCUT2D eigenvalue weighted by molar-refractivity contribution is 0.0697. The van der Waals surface area contributed by atoms with Crippen LogP contribution in [0.25, 0.3) is 33.1 Å². The second-order valence-corrected chi connectivity index (χ2v) is 7.83. The Labute approximate surface area is 185 Å². The van der Waals surface area contributed by atoms with Crippen molar-refractivity contribution in [3.8, 4) is 11.4 Å². The Morgan fingerprint density at radius 2 is 1.84 bits per heavy atom. The first-order chi connectivity index (χ1) is 15.6. The van der Waals surface area contributed by atoms with Crippen LogP contribution in [0, 0.1) is 6.92 Å². The molecule has 5 aromatic rings. The predicted molar refractivity (Wildman–Crippen MR) is 127 cm³/mol. The lowest BCUT2D eigenvalue weighted by Crippen LogP contribution is -2.07. The third kappa shape index (κ3) is 3.78. The number of carboxylic acid groups (broad SMARTS) is 1. The lowest BCUT2D eigenvalue weighted by atomic mass is 9.98. The molecule has 0 bridgehead atoms. The summed E-state index contributed by atoms with van der Waals surface area (Å²) in [6, 6.07) is 21.7. The second-order valence-electron chi connectivity index (χ2n) is 7.83. The summed E-state index contributed by atoms with van der Waals surface area (Å²) in [6.45, 7) is 2.93. The highest BCUT2D eigenvalue weighted by molar-refractivity contribution is 5.94. The molecule has 0 spiro atoms. The number of aromatic nitrogens is 3. The summed E-state index contributed by atoms with van der Waals surface area (Å²) in [7, 11) is 0. The van der Waals surface area contributed by atoms with E-state index in [-0.39, 0.29) is 5.56 Å². The van der Waals surface area contributed by atoms with Crippen molar-refractivity contribution in [1.29, 1.82) is 0 Å². The van der Waals surface area contributed by atoms with E-state index in [1.165, 1.54) is 28.2 Å². The predicted octanol–water partition coefficient (Wildman–Crippen LogP) is 5.44. The van der Waals surface area contributed by atoms with E-state index >= 15 is 0 Å². The van der Waals surface area contributed by atoms with Crippen molar-refractivity contribution < 1.29 is 9.90 Å². The number of hydrogen-bond donors (Lipinski definition) is 3. The van der Waals surface area contributed by atoms with Gasteiger partial charge in [-0.3, -0.25) is 0 Å². The Balaban J connectivity index is 1.32. The highest BCUT2D eigenvalue weighted by Gasteiger charge is 2.09. The second kappa shape index (κ2) is 8.15. The number of nitrogens with one attached hydrogen (secondary N) is 2. The van der Waals surface area contributed by atoms with Gasteiger partial charge < -0.3 is 15.4 Å². The van der Waals surface area contributed by atoms with Gasteiger partial charge in [0.15, 0.2) is 0 Å². The number of benzene rings is 3. The van der Waals surface area contributed by atoms with Crippen LogP contribution in [0.4, 0.5) is 5.82 Å². The third-order valence-electron chi connectivity index (χ3n) is 5.82. The van der Waals surface area contributed by atoms with Crippen LogP contribution < -0.4 is 5.32 Å². The molecule has 6 nitrogen and oxygen atoms in total. The van der Waals surface area contributed by atoms with Crippen molar-refractivity contribution in [2.24, 2.45) is 0 Å². The van der Waals surface area contributed by atoms with Gasteiger partial charge in [-0.2, -0.15) is 0 Å². The fraction of sp³-hybridized carbons (Fsp3) is 0.115. The molecule has 0 saturated carbocycles. The largest absolute Gasteiger partial charge is 0.478 e. The number of aryl methyl sites for hydroxylation is 1. The van der Waals surface area contributed by atoms with Crippen molar-refractivity contribution in [3.63, 3.8) is 0 Å². The highest BCUT2D eigenvalue weighted by atomic mass is 16.4. The summed E-state index contributed by atoms with van der Waals surface area (Å²) >= 11 is 0. The van der Waals surface area contributed by atoms with E-state index in [9.17, 15) is 9.90 Å². The molecule has 2 heterocycles. The number of anilines is 1. The van der Waals surface area contributed by atoms with Gasteiger partial charge in [-0.25, -0.2) is 14.8 Å². The Kier molecular flexibility index (Phi) is 5.03. The Morgan fingerprint density at radius 3 is 2.72 bits per heavy atom. The molecule has 0 amide bonds. The zero-order chi connectivity index (χ0) is 22.1. The molecule has 3 aromatic carbocycles. The van der Waals surface area contributed by atoms with Gasteiger partial charge in [0.25, 0.3) is 0 Å². The van der Waals surface area contributed by atoms with Crippen molar-refractivity contribution >= 4 is 33.5 Å². The summed E-state index contributed by atoms with van der Waals surface area (Å²) in [4.78, 5) is 23.2. The van der Waals surface area contributed by atoms with Gasteiger partial charge >= 0.3 is 5.97 Å². The summed E-state index contributed by atoms with van der Waals surface area (Å²) in [6.07, 6.45) is 2.42. The molecule has 3 N–H and O–H groups in total. The third-order valence-corrected chi connectivity index (χ3v) is 5.82. The molecule has 2 aromatic heterocycles. The Hall–Kier alpha value is -4.19. The first-order valence-corrected chi connectivity index (χ1v) is 10.5. The van der Waals surface area contributed by atoms with Gasteiger partial charge in [-0.05, 0) is 53.4 Å². The average Bonchev–Trinajstić information content (AvgIpc) is 3.24. The number of carbonyl (C=O) groups is 1. The van der Waals surface area contributed by atoms with E-state index in [0.29, 0.717) is 0 Å². The molecule has 0 aliphatic rings. The van der Waals surface area contributed by atoms with Gasteiger partial charge in [-0.15, -0.1) is 0 Å². The van der Waals surface area contributed by atoms with E-state index in [4.69, 9.17) is 0 Å². The number of aromatic amines is 1. The van der Waals surface area contributed by atoms with Crippen LogP contribution >= 0.6 is 0 Å². The fourth-order valence-corrected chi connectivity index (χ4v) is 4.07. The van der Waals surface area contributed by atoms with Crippen molar-refractivity contribution in [2.75, 3.05) is 11.9 Å². The molecule has 0 radical (unpaired) electrons. The van der Waals surface area contributed by atoms with E-state index in [2.05, 4.69) is 63.6 Å².